The lowest BCUT2D eigenvalue weighted by atomic mass is 9.80. The molecular formula is C17H20F4N2O4S. The van der Waals surface area contributed by atoms with Crippen LogP contribution in [0.2, 0.25) is 0 Å². The number of unbranched alkanes of at least 4 members (excludes halogenated alkanes) is 1. The summed E-state index contributed by atoms with van der Waals surface area (Å²) in [5.41, 5.74) is 0.213. The molecule has 6 nitrogen and oxygen atoms in total. The molecule has 0 spiro atoms. The second-order valence-corrected chi connectivity index (χ2v) is 8.80. The van der Waals surface area contributed by atoms with Crippen molar-refractivity contribution in [1.29, 1.82) is 0 Å². The number of fused-ring (bicyclic) bond motifs is 1. The van der Waals surface area contributed by atoms with Crippen LogP contribution in [0.25, 0.3) is 0 Å². The van der Waals surface area contributed by atoms with Crippen molar-refractivity contribution in [2.24, 2.45) is 5.92 Å². The number of aryl methyl sites for hydroxylation is 1. The fourth-order valence-corrected chi connectivity index (χ4v) is 4.96. The summed E-state index contributed by atoms with van der Waals surface area (Å²) >= 11 is 0. The van der Waals surface area contributed by atoms with Crippen molar-refractivity contribution in [3.63, 3.8) is 0 Å². The number of carbonyl (C=O) groups is 1. The predicted molar refractivity (Wildman–Crippen MR) is 92.5 cm³/mol. The van der Waals surface area contributed by atoms with Crippen LogP contribution in [0.5, 0.6) is 5.75 Å². The second kappa shape index (κ2) is 7.41. The van der Waals surface area contributed by atoms with E-state index in [1.54, 1.807) is 4.72 Å². The zero-order chi connectivity index (χ0) is 20.7. The molecule has 2 N–H and O–H groups in total. The molecule has 1 atom stereocenters. The van der Waals surface area contributed by atoms with Crippen molar-refractivity contribution in [2.45, 2.75) is 51.1 Å². The summed E-state index contributed by atoms with van der Waals surface area (Å²) in [6.45, 7) is -0.632. The Kier molecular flexibility index (Phi) is 5.48. The van der Waals surface area contributed by atoms with Crippen LogP contribution in [0.3, 0.4) is 0 Å². The van der Waals surface area contributed by atoms with Gasteiger partial charge in [-0.15, -0.1) is 0 Å². The van der Waals surface area contributed by atoms with Crippen molar-refractivity contribution < 1.29 is 35.9 Å². The summed E-state index contributed by atoms with van der Waals surface area (Å²) < 4.78 is 78.0. The largest absolute Gasteiger partial charge is 0.506 e. The number of hydrogen-bond donors (Lipinski definition) is 2. The van der Waals surface area contributed by atoms with Crippen molar-refractivity contribution in [2.75, 3.05) is 10.8 Å². The molecule has 11 heteroatoms. The van der Waals surface area contributed by atoms with E-state index in [2.05, 4.69) is 0 Å². The molecule has 0 radical (unpaired) electrons. The number of phenolic OH excluding ortho intramolecular Hbond substituents is 1. The van der Waals surface area contributed by atoms with E-state index in [9.17, 15) is 31.5 Å². The van der Waals surface area contributed by atoms with Crippen LogP contribution in [-0.2, 0) is 27.8 Å². The Hall–Kier alpha value is -2.04. The van der Waals surface area contributed by atoms with Gasteiger partial charge in [0, 0.05) is 6.42 Å². The summed E-state index contributed by atoms with van der Waals surface area (Å²) in [6.07, 6.45) is -2.82. The topological polar surface area (TPSA) is 86.7 Å². The number of nitrogens with zero attached hydrogens (tertiary/aromatic N) is 1. The third kappa shape index (κ3) is 4.34. The third-order valence-corrected chi connectivity index (χ3v) is 6.50. The van der Waals surface area contributed by atoms with Gasteiger partial charge < -0.3 is 5.11 Å². The molecule has 1 aliphatic carbocycles. The number of hydrogen-bond acceptors (Lipinski definition) is 4. The van der Waals surface area contributed by atoms with Crippen LogP contribution in [0.1, 0.15) is 43.2 Å². The molecule has 0 aromatic heterocycles. The van der Waals surface area contributed by atoms with Crippen molar-refractivity contribution in [3.05, 3.63) is 23.0 Å². The van der Waals surface area contributed by atoms with Gasteiger partial charge in [-0.1, -0.05) is 12.8 Å². The first kappa shape index (κ1) is 20.7. The van der Waals surface area contributed by atoms with Gasteiger partial charge >= 0.3 is 16.4 Å². The number of nitrogens with one attached hydrogen (secondary N) is 1. The standard InChI is InChI=1S/C17H20F4N2O4S/c18-15-12-7-10(3-1-2-6-17(19,20)21)4-5-11(12)8-13(24)16(15)23-9-14(25)22-28(23,26)27/h8,10,24H,1-7,9H2,(H,22,25)/t10-/m0/s1. The Balaban J connectivity index is 1.78. The van der Waals surface area contributed by atoms with Crippen LogP contribution in [0.15, 0.2) is 6.07 Å². The van der Waals surface area contributed by atoms with E-state index in [1.165, 1.54) is 6.07 Å². The number of anilines is 1. The molecule has 1 amide bonds. The molecule has 2 aliphatic rings. The van der Waals surface area contributed by atoms with E-state index in [4.69, 9.17) is 0 Å². The third-order valence-electron chi connectivity index (χ3n) is 5.12. The maximum absolute atomic E-state index is 15.1. The number of carbonyl (C=O) groups excluding carboxylic acids is 1. The lowest BCUT2D eigenvalue weighted by Gasteiger charge is -2.28. The minimum atomic E-state index is -4.28. The zero-order valence-corrected chi connectivity index (χ0v) is 15.7. The summed E-state index contributed by atoms with van der Waals surface area (Å²) in [7, 11) is -4.28. The molecule has 3 rings (SSSR count). The minimum absolute atomic E-state index is 0.00989. The highest BCUT2D eigenvalue weighted by molar-refractivity contribution is 7.92. The van der Waals surface area contributed by atoms with Gasteiger partial charge in [-0.05, 0) is 48.8 Å². The molecule has 156 valence electrons. The SMILES string of the molecule is O=C1CN(c2c(O)cc3c(c2F)C[C@@H](CCCCC(F)(F)F)CC3)S(=O)(=O)N1. The fourth-order valence-electron chi connectivity index (χ4n) is 3.80. The van der Waals surface area contributed by atoms with E-state index in [-0.39, 0.29) is 24.3 Å². The predicted octanol–water partition coefficient (Wildman–Crippen LogP) is 2.94. The molecular weight excluding hydrogens is 404 g/mol. The van der Waals surface area contributed by atoms with E-state index < -0.39 is 52.5 Å². The zero-order valence-electron chi connectivity index (χ0n) is 14.9. The molecule has 1 fully saturated rings. The molecule has 0 saturated carbocycles. The van der Waals surface area contributed by atoms with Crippen molar-refractivity contribution in [3.8, 4) is 5.75 Å². The summed E-state index contributed by atoms with van der Waals surface area (Å²) in [4.78, 5) is 11.4. The Morgan fingerprint density at radius 2 is 2.00 bits per heavy atom. The molecule has 28 heavy (non-hydrogen) atoms. The fraction of sp³-hybridized carbons (Fsp3) is 0.588. The summed E-state index contributed by atoms with van der Waals surface area (Å²) in [5, 5.41) is 10.2. The first-order valence-electron chi connectivity index (χ1n) is 8.91. The normalized spacial score (nSPS) is 21.5. The number of alkyl halides is 3. The minimum Gasteiger partial charge on any atom is -0.506 e. The number of rotatable bonds is 5. The lowest BCUT2D eigenvalue weighted by molar-refractivity contribution is -0.135. The van der Waals surface area contributed by atoms with E-state index >= 15 is 4.39 Å². The van der Waals surface area contributed by atoms with Gasteiger partial charge in [0.2, 0.25) is 0 Å². The lowest BCUT2D eigenvalue weighted by Crippen LogP contribution is -2.31. The van der Waals surface area contributed by atoms with E-state index in [0.29, 0.717) is 35.6 Å². The summed E-state index contributed by atoms with van der Waals surface area (Å²) in [6, 6.07) is 1.30. The Morgan fingerprint density at radius 1 is 1.29 bits per heavy atom. The highest BCUT2D eigenvalue weighted by Crippen LogP contribution is 2.41. The highest BCUT2D eigenvalue weighted by atomic mass is 32.2. The van der Waals surface area contributed by atoms with Gasteiger partial charge in [-0.2, -0.15) is 21.6 Å². The number of phenols is 1. The van der Waals surface area contributed by atoms with Crippen LogP contribution in [-0.4, -0.2) is 32.2 Å². The average Bonchev–Trinajstić information content (AvgIpc) is 2.83. The van der Waals surface area contributed by atoms with Gasteiger partial charge in [0.15, 0.2) is 5.82 Å². The molecule has 1 aromatic carbocycles. The number of halogens is 4. The highest BCUT2D eigenvalue weighted by Gasteiger charge is 2.39. The van der Waals surface area contributed by atoms with Crippen LogP contribution < -0.4 is 9.03 Å². The maximum atomic E-state index is 15.1. The Labute approximate surface area is 159 Å². The van der Waals surface area contributed by atoms with Gasteiger partial charge in [-0.25, -0.2) is 13.4 Å². The number of aromatic hydroxyl groups is 1. The van der Waals surface area contributed by atoms with Gasteiger partial charge in [0.05, 0.1) is 0 Å². The number of amides is 1. The van der Waals surface area contributed by atoms with Gasteiger partial charge in [0.1, 0.15) is 18.0 Å². The second-order valence-electron chi connectivity index (χ2n) is 7.20. The van der Waals surface area contributed by atoms with Crippen LogP contribution in [0.4, 0.5) is 23.2 Å². The molecule has 1 aromatic rings. The smallest absolute Gasteiger partial charge is 0.389 e. The monoisotopic (exact) mass is 424 g/mol. The summed E-state index contributed by atoms with van der Waals surface area (Å²) in [5.74, 6) is -2.34. The van der Waals surface area contributed by atoms with Crippen molar-refractivity contribution >= 4 is 21.8 Å². The molecule has 1 aliphatic heterocycles. The Morgan fingerprint density at radius 3 is 2.61 bits per heavy atom. The Bertz CT molecular complexity index is 886. The first-order valence-corrected chi connectivity index (χ1v) is 10.3. The molecule has 0 unspecified atom stereocenters. The van der Waals surface area contributed by atoms with Gasteiger partial charge in [-0.3, -0.25) is 4.79 Å². The maximum Gasteiger partial charge on any atom is 0.389 e. The van der Waals surface area contributed by atoms with Gasteiger partial charge in [0.25, 0.3) is 5.91 Å². The quantitative estimate of drug-likeness (QED) is 0.562. The molecule has 1 heterocycles. The van der Waals surface area contributed by atoms with E-state index in [1.807, 2.05) is 0 Å². The van der Waals surface area contributed by atoms with E-state index in [0.717, 1.165) is 0 Å². The molecule has 0 bridgehead atoms. The first-order chi connectivity index (χ1) is 13.0. The van der Waals surface area contributed by atoms with Crippen LogP contribution in [0, 0.1) is 11.7 Å². The number of benzene rings is 1. The molecule has 1 saturated heterocycles. The van der Waals surface area contributed by atoms with Crippen molar-refractivity contribution in [1.82, 2.24) is 4.72 Å². The average molecular weight is 424 g/mol. The van der Waals surface area contributed by atoms with Crippen LogP contribution >= 0.6 is 0 Å².